The van der Waals surface area contributed by atoms with E-state index in [2.05, 4.69) is 48.5 Å². The Morgan fingerprint density at radius 1 is 1.29 bits per heavy atom. The molecule has 1 unspecified atom stereocenters. The number of benzene rings is 1. The molecule has 0 aliphatic rings. The van der Waals surface area contributed by atoms with Crippen molar-refractivity contribution in [1.29, 1.82) is 0 Å². The summed E-state index contributed by atoms with van der Waals surface area (Å²) in [5, 5.41) is 4.11. The van der Waals surface area contributed by atoms with Gasteiger partial charge in [0.25, 0.3) is 0 Å². The first-order chi connectivity index (χ1) is 8.29. The highest BCUT2D eigenvalue weighted by Crippen LogP contribution is 2.26. The summed E-state index contributed by atoms with van der Waals surface area (Å²) in [6.07, 6.45) is 1.22. The fourth-order valence-corrected chi connectivity index (χ4v) is 3.24. The molecule has 17 heavy (non-hydrogen) atoms. The lowest BCUT2D eigenvalue weighted by molar-refractivity contribution is 0.905. The van der Waals surface area contributed by atoms with Crippen molar-refractivity contribution >= 4 is 23.1 Å². The van der Waals surface area contributed by atoms with Crippen LogP contribution in [-0.2, 0) is 5.75 Å². The Morgan fingerprint density at radius 3 is 2.76 bits per heavy atom. The summed E-state index contributed by atoms with van der Waals surface area (Å²) >= 11 is 3.75. The molecule has 90 valence electrons. The average molecular weight is 263 g/mol. The van der Waals surface area contributed by atoms with Crippen LogP contribution in [0.2, 0.25) is 0 Å². The van der Waals surface area contributed by atoms with Crippen LogP contribution in [0.3, 0.4) is 0 Å². The molecule has 0 bridgehead atoms. The van der Waals surface area contributed by atoms with Crippen molar-refractivity contribution in [1.82, 2.24) is 4.98 Å². The van der Waals surface area contributed by atoms with Crippen LogP contribution in [0.15, 0.2) is 35.7 Å². The minimum absolute atomic E-state index is 0.721. The quantitative estimate of drug-likeness (QED) is 0.765. The number of hydrogen-bond donors (Lipinski definition) is 0. The number of hydrogen-bond acceptors (Lipinski definition) is 3. The van der Waals surface area contributed by atoms with Crippen molar-refractivity contribution in [3.8, 4) is 11.3 Å². The zero-order valence-electron chi connectivity index (χ0n) is 10.2. The fourth-order valence-electron chi connectivity index (χ4n) is 1.45. The third kappa shape index (κ3) is 3.58. The van der Waals surface area contributed by atoms with Crippen LogP contribution in [0.5, 0.6) is 0 Å². The molecule has 1 aromatic carbocycles. The van der Waals surface area contributed by atoms with Crippen LogP contribution in [0.1, 0.15) is 25.3 Å². The number of thiazole rings is 1. The molecule has 0 N–H and O–H groups in total. The monoisotopic (exact) mass is 263 g/mol. The van der Waals surface area contributed by atoms with Gasteiger partial charge in [-0.2, -0.15) is 11.8 Å². The van der Waals surface area contributed by atoms with Crippen LogP contribution in [0.4, 0.5) is 0 Å². The van der Waals surface area contributed by atoms with E-state index in [-0.39, 0.29) is 0 Å². The van der Waals surface area contributed by atoms with E-state index in [1.807, 2.05) is 17.8 Å². The lowest BCUT2D eigenvalue weighted by atomic mass is 10.2. The Morgan fingerprint density at radius 2 is 2.06 bits per heavy atom. The van der Waals surface area contributed by atoms with E-state index in [1.54, 1.807) is 11.3 Å². The van der Waals surface area contributed by atoms with Crippen molar-refractivity contribution in [2.75, 3.05) is 0 Å². The summed E-state index contributed by atoms with van der Waals surface area (Å²) in [5.74, 6) is 1.03. The maximum absolute atomic E-state index is 4.68. The van der Waals surface area contributed by atoms with Gasteiger partial charge in [0.1, 0.15) is 5.01 Å². The summed E-state index contributed by atoms with van der Waals surface area (Å²) in [5.41, 5.74) is 2.32. The minimum atomic E-state index is 0.721. The van der Waals surface area contributed by atoms with E-state index in [9.17, 15) is 0 Å². The van der Waals surface area contributed by atoms with Crippen molar-refractivity contribution < 1.29 is 0 Å². The van der Waals surface area contributed by atoms with Crippen LogP contribution in [0.25, 0.3) is 11.3 Å². The molecule has 0 aliphatic carbocycles. The van der Waals surface area contributed by atoms with Gasteiger partial charge in [-0.25, -0.2) is 4.98 Å². The van der Waals surface area contributed by atoms with Gasteiger partial charge in [0.05, 0.1) is 5.69 Å². The van der Waals surface area contributed by atoms with Gasteiger partial charge < -0.3 is 0 Å². The van der Waals surface area contributed by atoms with Crippen LogP contribution in [0, 0.1) is 0 Å². The fraction of sp³-hybridized carbons (Fsp3) is 0.357. The maximum Gasteiger partial charge on any atom is 0.103 e. The second-order valence-corrected chi connectivity index (χ2v) is 6.39. The largest absolute Gasteiger partial charge is 0.240 e. The molecule has 1 aromatic heterocycles. The van der Waals surface area contributed by atoms with E-state index in [0.29, 0.717) is 0 Å². The zero-order chi connectivity index (χ0) is 12.1. The summed E-state index contributed by atoms with van der Waals surface area (Å²) in [7, 11) is 0. The Bertz CT molecular complexity index is 450. The zero-order valence-corrected chi connectivity index (χ0v) is 11.9. The van der Waals surface area contributed by atoms with Crippen molar-refractivity contribution in [3.05, 3.63) is 40.7 Å². The summed E-state index contributed by atoms with van der Waals surface area (Å²) in [6.45, 7) is 4.51. The van der Waals surface area contributed by atoms with Crippen molar-refractivity contribution in [3.63, 3.8) is 0 Å². The van der Waals surface area contributed by atoms with Crippen molar-refractivity contribution in [2.45, 2.75) is 31.3 Å². The van der Waals surface area contributed by atoms with E-state index in [0.717, 1.165) is 16.7 Å². The standard InChI is InChI=1S/C14H17NS2/c1-3-11(2)16-10-14-15-13(9-17-14)12-7-5-4-6-8-12/h4-9,11H,3,10H2,1-2H3. The number of rotatable bonds is 5. The van der Waals surface area contributed by atoms with Gasteiger partial charge in [-0.05, 0) is 6.42 Å². The first-order valence-corrected chi connectivity index (χ1v) is 7.84. The van der Waals surface area contributed by atoms with Gasteiger partial charge in [-0.1, -0.05) is 44.2 Å². The average Bonchev–Trinajstić information content (AvgIpc) is 2.86. The molecular formula is C14H17NS2. The molecule has 0 radical (unpaired) electrons. The van der Waals surface area contributed by atoms with Gasteiger partial charge in [-0.3, -0.25) is 0 Å². The SMILES string of the molecule is CCC(C)SCc1nc(-c2ccccc2)cs1. The maximum atomic E-state index is 4.68. The van der Waals surface area contributed by atoms with Crippen LogP contribution < -0.4 is 0 Å². The Balaban J connectivity index is 2.01. The first kappa shape index (κ1) is 12.7. The molecule has 2 aromatic rings. The lowest BCUT2D eigenvalue weighted by Gasteiger charge is -2.05. The predicted molar refractivity (Wildman–Crippen MR) is 78.6 cm³/mol. The summed E-state index contributed by atoms with van der Waals surface area (Å²) in [4.78, 5) is 4.68. The van der Waals surface area contributed by atoms with Gasteiger partial charge in [0.15, 0.2) is 0 Å². The van der Waals surface area contributed by atoms with Gasteiger partial charge >= 0.3 is 0 Å². The molecule has 0 aliphatic heterocycles. The third-order valence-electron chi connectivity index (χ3n) is 2.69. The molecule has 1 atom stereocenters. The molecule has 1 heterocycles. The second-order valence-electron chi connectivity index (χ2n) is 4.02. The van der Waals surface area contributed by atoms with Gasteiger partial charge in [0, 0.05) is 21.9 Å². The smallest absolute Gasteiger partial charge is 0.103 e. The molecular weight excluding hydrogens is 246 g/mol. The van der Waals surface area contributed by atoms with Crippen LogP contribution in [-0.4, -0.2) is 10.2 Å². The molecule has 0 saturated heterocycles. The lowest BCUT2D eigenvalue weighted by Crippen LogP contribution is -1.93. The first-order valence-electron chi connectivity index (χ1n) is 5.91. The van der Waals surface area contributed by atoms with E-state index in [4.69, 9.17) is 0 Å². The molecule has 1 nitrogen and oxygen atoms in total. The van der Waals surface area contributed by atoms with E-state index in [1.165, 1.54) is 17.0 Å². The molecule has 2 rings (SSSR count). The molecule has 0 saturated carbocycles. The highest BCUT2D eigenvalue weighted by Gasteiger charge is 2.06. The topological polar surface area (TPSA) is 12.9 Å². The molecule has 0 fully saturated rings. The van der Waals surface area contributed by atoms with Crippen LogP contribution >= 0.6 is 23.1 Å². The Hall–Kier alpha value is -0.800. The van der Waals surface area contributed by atoms with E-state index >= 15 is 0 Å². The number of thioether (sulfide) groups is 1. The number of aromatic nitrogens is 1. The van der Waals surface area contributed by atoms with Gasteiger partial charge in [0.2, 0.25) is 0 Å². The van der Waals surface area contributed by atoms with E-state index < -0.39 is 0 Å². The molecule has 0 spiro atoms. The summed E-state index contributed by atoms with van der Waals surface area (Å²) in [6, 6.07) is 10.4. The normalized spacial score (nSPS) is 12.6. The Kier molecular flexibility index (Phi) is 4.63. The Labute approximate surface area is 111 Å². The molecule has 0 amide bonds. The van der Waals surface area contributed by atoms with Gasteiger partial charge in [-0.15, -0.1) is 11.3 Å². The minimum Gasteiger partial charge on any atom is -0.240 e. The third-order valence-corrected chi connectivity index (χ3v) is 5.06. The summed E-state index contributed by atoms with van der Waals surface area (Å²) < 4.78 is 0. The second kappa shape index (κ2) is 6.22. The number of nitrogens with zero attached hydrogens (tertiary/aromatic N) is 1. The predicted octanol–water partition coefficient (Wildman–Crippen LogP) is 4.84. The highest BCUT2D eigenvalue weighted by molar-refractivity contribution is 7.99. The van der Waals surface area contributed by atoms with Crippen molar-refractivity contribution in [2.24, 2.45) is 0 Å². The highest BCUT2D eigenvalue weighted by atomic mass is 32.2. The molecule has 3 heteroatoms.